The van der Waals surface area contributed by atoms with Gasteiger partial charge in [0.25, 0.3) is 0 Å². The van der Waals surface area contributed by atoms with Crippen molar-refractivity contribution in [3.05, 3.63) is 83.9 Å². The molecule has 4 rings (SSSR count). The molecule has 0 aromatic heterocycles. The largest absolute Gasteiger partial charge is 0.493 e. The molecule has 10 heteroatoms. The molecule has 3 aromatic rings. The van der Waals surface area contributed by atoms with Crippen molar-refractivity contribution in [3.63, 3.8) is 0 Å². The maximum atomic E-state index is 13.8. The van der Waals surface area contributed by atoms with E-state index in [1.807, 2.05) is 30.3 Å². The van der Waals surface area contributed by atoms with Gasteiger partial charge < -0.3 is 9.47 Å². The summed E-state index contributed by atoms with van der Waals surface area (Å²) in [6, 6.07) is 20.5. The van der Waals surface area contributed by atoms with Crippen molar-refractivity contribution in [2.45, 2.75) is 35.6 Å². The minimum atomic E-state index is -3.97. The van der Waals surface area contributed by atoms with E-state index in [1.54, 1.807) is 18.2 Å². The second-order valence-corrected chi connectivity index (χ2v) is 12.7. The topological polar surface area (TPSA) is 93.2 Å². The minimum Gasteiger partial charge on any atom is -0.493 e. The summed E-state index contributed by atoms with van der Waals surface area (Å²) in [5.41, 5.74) is 1.67. The Balaban J connectivity index is 1.66. The standard InChI is InChI=1S/C27H32N2O6S2/c1-34-26-12-8-11-23(27(26)35-2)21-29(20-17-22-9-4-3-5-10-22)37(32,33)25-15-13-24(14-16-25)36(30,31)28-18-6-7-19-28/h3-5,8-16H,6-7,17-21H2,1-2H3. The molecule has 1 aliphatic heterocycles. The van der Waals surface area contributed by atoms with Crippen molar-refractivity contribution >= 4 is 20.0 Å². The second kappa shape index (κ2) is 11.6. The molecule has 0 spiro atoms. The molecule has 1 fully saturated rings. The summed E-state index contributed by atoms with van der Waals surface area (Å²) in [5.74, 6) is 0.980. The van der Waals surface area contributed by atoms with Gasteiger partial charge in [-0.05, 0) is 55.2 Å². The summed E-state index contributed by atoms with van der Waals surface area (Å²) in [6.07, 6.45) is 2.17. The Morgan fingerprint density at radius 1 is 0.784 bits per heavy atom. The first-order chi connectivity index (χ1) is 17.8. The van der Waals surface area contributed by atoms with E-state index < -0.39 is 20.0 Å². The van der Waals surface area contributed by atoms with Crippen LogP contribution >= 0.6 is 0 Å². The molecule has 37 heavy (non-hydrogen) atoms. The van der Waals surface area contributed by atoms with E-state index in [4.69, 9.17) is 9.47 Å². The van der Waals surface area contributed by atoms with Crippen LogP contribution in [0.1, 0.15) is 24.0 Å². The molecule has 0 saturated carbocycles. The zero-order chi connectivity index (χ0) is 26.5. The summed E-state index contributed by atoms with van der Waals surface area (Å²) in [6.45, 7) is 1.25. The Labute approximate surface area is 219 Å². The Bertz CT molecular complexity index is 1400. The molecule has 198 valence electrons. The summed E-state index contributed by atoms with van der Waals surface area (Å²) >= 11 is 0. The molecule has 3 aromatic carbocycles. The fourth-order valence-corrected chi connectivity index (χ4v) is 7.40. The summed E-state index contributed by atoms with van der Waals surface area (Å²) in [7, 11) is -4.56. The molecule has 0 radical (unpaired) electrons. The normalized spacial score (nSPS) is 14.7. The summed E-state index contributed by atoms with van der Waals surface area (Å²) < 4.78 is 67.2. The molecule has 8 nitrogen and oxygen atoms in total. The van der Waals surface area contributed by atoms with Crippen molar-refractivity contribution in [1.29, 1.82) is 0 Å². The van der Waals surface area contributed by atoms with Gasteiger partial charge in [-0.1, -0.05) is 42.5 Å². The van der Waals surface area contributed by atoms with E-state index in [0.717, 1.165) is 18.4 Å². The van der Waals surface area contributed by atoms with Crippen LogP contribution in [0, 0.1) is 0 Å². The third-order valence-electron chi connectivity index (χ3n) is 6.49. The summed E-state index contributed by atoms with van der Waals surface area (Å²) in [4.78, 5) is 0.126. The number of hydrogen-bond donors (Lipinski definition) is 0. The van der Waals surface area contributed by atoms with E-state index in [2.05, 4.69) is 0 Å². The lowest BCUT2D eigenvalue weighted by molar-refractivity contribution is 0.342. The molecule has 0 amide bonds. The highest BCUT2D eigenvalue weighted by molar-refractivity contribution is 7.89. The summed E-state index contributed by atoms with van der Waals surface area (Å²) in [5, 5.41) is 0. The van der Waals surface area contributed by atoms with Gasteiger partial charge in [0.15, 0.2) is 11.5 Å². The molecule has 0 bridgehead atoms. The highest BCUT2D eigenvalue weighted by Crippen LogP contribution is 2.33. The zero-order valence-corrected chi connectivity index (χ0v) is 22.7. The number of ether oxygens (including phenoxy) is 2. The molecule has 0 aliphatic carbocycles. The Morgan fingerprint density at radius 2 is 1.43 bits per heavy atom. The number of rotatable bonds is 11. The molecule has 0 N–H and O–H groups in total. The van der Waals surface area contributed by atoms with E-state index in [-0.39, 0.29) is 22.9 Å². The average molecular weight is 545 g/mol. The third kappa shape index (κ3) is 5.98. The molecule has 1 saturated heterocycles. The van der Waals surface area contributed by atoms with Crippen molar-refractivity contribution in [3.8, 4) is 11.5 Å². The monoisotopic (exact) mass is 544 g/mol. The maximum Gasteiger partial charge on any atom is 0.243 e. The predicted molar refractivity (Wildman–Crippen MR) is 142 cm³/mol. The van der Waals surface area contributed by atoms with E-state index in [1.165, 1.54) is 47.1 Å². The number of para-hydroxylation sites is 1. The van der Waals surface area contributed by atoms with Gasteiger partial charge in [-0.2, -0.15) is 8.61 Å². The Kier molecular flexibility index (Phi) is 8.53. The van der Waals surface area contributed by atoms with Crippen LogP contribution in [-0.4, -0.2) is 59.3 Å². The van der Waals surface area contributed by atoms with Crippen LogP contribution in [0.3, 0.4) is 0 Å². The second-order valence-electron chi connectivity index (χ2n) is 8.81. The van der Waals surface area contributed by atoms with Gasteiger partial charge in [-0.3, -0.25) is 0 Å². The van der Waals surface area contributed by atoms with Crippen LogP contribution in [0.25, 0.3) is 0 Å². The maximum absolute atomic E-state index is 13.8. The van der Waals surface area contributed by atoms with Crippen molar-refractivity contribution in [2.24, 2.45) is 0 Å². The molecular formula is C27H32N2O6S2. The zero-order valence-electron chi connectivity index (χ0n) is 21.0. The van der Waals surface area contributed by atoms with Crippen LogP contribution in [0.15, 0.2) is 82.6 Å². The number of hydrogen-bond acceptors (Lipinski definition) is 6. The molecule has 1 aliphatic rings. The number of methoxy groups -OCH3 is 2. The first-order valence-electron chi connectivity index (χ1n) is 12.1. The van der Waals surface area contributed by atoms with Crippen molar-refractivity contribution in [2.75, 3.05) is 33.9 Å². The number of benzene rings is 3. The van der Waals surface area contributed by atoms with Gasteiger partial charge in [0, 0.05) is 31.7 Å². The number of sulfonamides is 2. The van der Waals surface area contributed by atoms with Crippen LogP contribution in [-0.2, 0) is 33.0 Å². The molecule has 0 unspecified atom stereocenters. The van der Waals surface area contributed by atoms with E-state index >= 15 is 0 Å². The average Bonchev–Trinajstić information content (AvgIpc) is 3.47. The van der Waals surface area contributed by atoms with Gasteiger partial charge in [-0.15, -0.1) is 0 Å². The fraction of sp³-hybridized carbons (Fsp3) is 0.333. The number of nitrogens with zero attached hydrogens (tertiary/aromatic N) is 2. The van der Waals surface area contributed by atoms with Crippen molar-refractivity contribution < 1.29 is 26.3 Å². The van der Waals surface area contributed by atoms with Gasteiger partial charge in [0.05, 0.1) is 24.0 Å². The lowest BCUT2D eigenvalue weighted by atomic mass is 10.1. The van der Waals surface area contributed by atoms with Gasteiger partial charge in [0.2, 0.25) is 20.0 Å². The first-order valence-corrected chi connectivity index (χ1v) is 15.0. The predicted octanol–water partition coefficient (Wildman–Crippen LogP) is 3.92. The highest BCUT2D eigenvalue weighted by Gasteiger charge is 2.30. The third-order valence-corrected chi connectivity index (χ3v) is 10.3. The molecule has 0 atom stereocenters. The Hall–Kier alpha value is -2.92. The SMILES string of the molecule is COc1cccc(CN(CCc2ccccc2)S(=O)(=O)c2ccc(S(=O)(=O)N3CCCC3)cc2)c1OC. The van der Waals surface area contributed by atoms with Crippen LogP contribution in [0.4, 0.5) is 0 Å². The first kappa shape index (κ1) is 27.1. The lowest BCUT2D eigenvalue weighted by Gasteiger charge is -2.24. The van der Waals surface area contributed by atoms with E-state index in [9.17, 15) is 16.8 Å². The van der Waals surface area contributed by atoms with Gasteiger partial charge >= 0.3 is 0 Å². The fourth-order valence-electron chi connectivity index (χ4n) is 4.46. The van der Waals surface area contributed by atoms with Crippen LogP contribution in [0.5, 0.6) is 11.5 Å². The smallest absolute Gasteiger partial charge is 0.243 e. The molecular weight excluding hydrogens is 512 g/mol. The quantitative estimate of drug-likeness (QED) is 0.363. The lowest BCUT2D eigenvalue weighted by Crippen LogP contribution is -2.33. The van der Waals surface area contributed by atoms with Crippen molar-refractivity contribution in [1.82, 2.24) is 8.61 Å². The van der Waals surface area contributed by atoms with Crippen LogP contribution in [0.2, 0.25) is 0 Å². The minimum absolute atomic E-state index is 0.0304. The molecule has 1 heterocycles. The van der Waals surface area contributed by atoms with E-state index in [0.29, 0.717) is 36.6 Å². The Morgan fingerprint density at radius 3 is 2.05 bits per heavy atom. The van der Waals surface area contributed by atoms with Gasteiger partial charge in [-0.25, -0.2) is 16.8 Å². The van der Waals surface area contributed by atoms with Gasteiger partial charge in [0.1, 0.15) is 0 Å². The highest BCUT2D eigenvalue weighted by atomic mass is 32.2. The van der Waals surface area contributed by atoms with Crippen LogP contribution < -0.4 is 9.47 Å².